The van der Waals surface area contributed by atoms with E-state index in [1.165, 1.54) is 4.90 Å². The standard InChI is InChI=1S/C13H18N2O3.ClH/c14-11-6-7-15(8-12(11)16)13(17)18-9-10-4-2-1-3-5-10;/h1-5,11-12,16H,6-9,14H2;1H/t11-,12+;/m0./s1. The molecule has 5 nitrogen and oxygen atoms in total. The van der Waals surface area contributed by atoms with Gasteiger partial charge in [0, 0.05) is 12.6 Å². The first-order valence-electron chi connectivity index (χ1n) is 6.06. The second-order valence-electron chi connectivity index (χ2n) is 4.51. The van der Waals surface area contributed by atoms with Crippen LogP contribution >= 0.6 is 12.4 Å². The van der Waals surface area contributed by atoms with Crippen LogP contribution in [-0.2, 0) is 11.3 Å². The highest BCUT2D eigenvalue weighted by atomic mass is 35.5. The number of likely N-dealkylation sites (tertiary alicyclic amines) is 1. The average molecular weight is 287 g/mol. The Balaban J connectivity index is 0.00000180. The van der Waals surface area contributed by atoms with Crippen LogP contribution in [0.4, 0.5) is 4.79 Å². The van der Waals surface area contributed by atoms with E-state index in [4.69, 9.17) is 10.5 Å². The van der Waals surface area contributed by atoms with Crippen molar-refractivity contribution in [2.24, 2.45) is 5.73 Å². The lowest BCUT2D eigenvalue weighted by Crippen LogP contribution is -2.52. The van der Waals surface area contributed by atoms with Crippen LogP contribution in [0.3, 0.4) is 0 Å². The van der Waals surface area contributed by atoms with Gasteiger partial charge in [-0.1, -0.05) is 30.3 Å². The van der Waals surface area contributed by atoms with Gasteiger partial charge in [-0.25, -0.2) is 4.79 Å². The van der Waals surface area contributed by atoms with Gasteiger partial charge in [-0.15, -0.1) is 12.4 Å². The lowest BCUT2D eigenvalue weighted by molar-refractivity contribution is 0.0360. The number of benzene rings is 1. The highest BCUT2D eigenvalue weighted by molar-refractivity contribution is 5.85. The molecule has 0 radical (unpaired) electrons. The SMILES string of the molecule is Cl.N[C@H]1CCN(C(=O)OCc2ccccc2)C[C@H]1O. The molecule has 1 aliphatic rings. The number of piperidine rings is 1. The smallest absolute Gasteiger partial charge is 0.410 e. The fourth-order valence-electron chi connectivity index (χ4n) is 1.93. The number of carbonyl (C=O) groups excluding carboxylic acids is 1. The molecular formula is C13H19ClN2O3. The van der Waals surface area contributed by atoms with Gasteiger partial charge in [0.05, 0.1) is 12.6 Å². The summed E-state index contributed by atoms with van der Waals surface area (Å²) >= 11 is 0. The molecule has 0 spiro atoms. The van der Waals surface area contributed by atoms with Crippen molar-refractivity contribution < 1.29 is 14.6 Å². The fourth-order valence-corrected chi connectivity index (χ4v) is 1.93. The number of hydrogen-bond donors (Lipinski definition) is 2. The first-order valence-corrected chi connectivity index (χ1v) is 6.06. The van der Waals surface area contributed by atoms with Crippen LogP contribution in [0, 0.1) is 0 Å². The summed E-state index contributed by atoms with van der Waals surface area (Å²) in [5.41, 5.74) is 6.62. The van der Waals surface area contributed by atoms with Gasteiger partial charge in [0.25, 0.3) is 0 Å². The zero-order valence-electron chi connectivity index (χ0n) is 10.6. The summed E-state index contributed by atoms with van der Waals surface area (Å²) in [6.07, 6.45) is -0.463. The monoisotopic (exact) mass is 286 g/mol. The van der Waals surface area contributed by atoms with Crippen LogP contribution < -0.4 is 5.73 Å². The predicted molar refractivity (Wildman–Crippen MR) is 74.0 cm³/mol. The van der Waals surface area contributed by atoms with E-state index in [2.05, 4.69) is 0 Å². The zero-order valence-corrected chi connectivity index (χ0v) is 11.4. The summed E-state index contributed by atoms with van der Waals surface area (Å²) in [6.45, 7) is 1.03. The van der Waals surface area contributed by atoms with Crippen LogP contribution in [0.15, 0.2) is 30.3 Å². The third kappa shape index (κ3) is 4.38. The number of ether oxygens (including phenoxy) is 1. The first kappa shape index (κ1) is 15.8. The molecule has 3 N–H and O–H groups in total. The van der Waals surface area contributed by atoms with Crippen molar-refractivity contribution in [1.29, 1.82) is 0 Å². The van der Waals surface area contributed by atoms with Gasteiger partial charge in [0.1, 0.15) is 6.61 Å². The van der Waals surface area contributed by atoms with Crippen LogP contribution in [-0.4, -0.2) is 41.3 Å². The molecular weight excluding hydrogens is 268 g/mol. The largest absolute Gasteiger partial charge is 0.445 e. The number of nitrogens with two attached hydrogens (primary N) is 1. The highest BCUT2D eigenvalue weighted by Crippen LogP contribution is 2.11. The number of hydrogen-bond acceptors (Lipinski definition) is 4. The van der Waals surface area contributed by atoms with Crippen molar-refractivity contribution in [3.05, 3.63) is 35.9 Å². The molecule has 1 saturated heterocycles. The van der Waals surface area contributed by atoms with Crippen LogP contribution in [0.2, 0.25) is 0 Å². The van der Waals surface area contributed by atoms with E-state index in [9.17, 15) is 9.90 Å². The summed E-state index contributed by atoms with van der Waals surface area (Å²) in [5, 5.41) is 9.61. The summed E-state index contributed by atoms with van der Waals surface area (Å²) in [4.78, 5) is 13.3. The van der Waals surface area contributed by atoms with Gasteiger partial charge in [0.2, 0.25) is 0 Å². The van der Waals surface area contributed by atoms with Crippen molar-refractivity contribution in [3.8, 4) is 0 Å². The van der Waals surface area contributed by atoms with Crippen LogP contribution in [0.5, 0.6) is 0 Å². The number of carbonyl (C=O) groups is 1. The van der Waals surface area contributed by atoms with Crippen LogP contribution in [0.1, 0.15) is 12.0 Å². The molecule has 1 heterocycles. The highest BCUT2D eigenvalue weighted by Gasteiger charge is 2.28. The number of aliphatic hydroxyl groups is 1. The maximum absolute atomic E-state index is 11.8. The second kappa shape index (κ2) is 7.33. The molecule has 19 heavy (non-hydrogen) atoms. The lowest BCUT2D eigenvalue weighted by Gasteiger charge is -2.33. The Morgan fingerprint density at radius 2 is 2.11 bits per heavy atom. The third-order valence-electron chi connectivity index (χ3n) is 3.10. The van der Waals surface area contributed by atoms with Gasteiger partial charge < -0.3 is 20.5 Å². The summed E-state index contributed by atoms with van der Waals surface area (Å²) in [5.74, 6) is 0. The van der Waals surface area contributed by atoms with Crippen molar-refractivity contribution in [2.75, 3.05) is 13.1 Å². The number of nitrogens with zero attached hydrogens (tertiary/aromatic N) is 1. The summed E-state index contributed by atoms with van der Waals surface area (Å²) in [6, 6.07) is 9.25. The Hall–Kier alpha value is -1.30. The van der Waals surface area contributed by atoms with Crippen molar-refractivity contribution in [1.82, 2.24) is 4.90 Å². The van der Waals surface area contributed by atoms with E-state index in [1.807, 2.05) is 30.3 Å². The first-order chi connectivity index (χ1) is 8.66. The molecule has 1 aromatic rings. The number of rotatable bonds is 2. The number of halogens is 1. The van der Waals surface area contributed by atoms with Crippen molar-refractivity contribution >= 4 is 18.5 Å². The molecule has 1 amide bonds. The predicted octanol–water partition coefficient (Wildman–Crippen LogP) is 1.14. The Bertz CT molecular complexity index is 402. The minimum Gasteiger partial charge on any atom is -0.445 e. The Labute approximate surface area is 118 Å². The fraction of sp³-hybridized carbons (Fsp3) is 0.462. The quantitative estimate of drug-likeness (QED) is 0.855. The van der Waals surface area contributed by atoms with E-state index in [-0.39, 0.29) is 31.6 Å². The zero-order chi connectivity index (χ0) is 13.0. The van der Waals surface area contributed by atoms with Crippen molar-refractivity contribution in [3.63, 3.8) is 0 Å². The number of β-amino-alcohol motifs (C(OH)–C–C–N with tert-alkyl or cyclic N) is 1. The van der Waals surface area contributed by atoms with Gasteiger partial charge in [-0.2, -0.15) is 0 Å². The van der Waals surface area contributed by atoms with E-state index in [1.54, 1.807) is 0 Å². The molecule has 0 bridgehead atoms. The topological polar surface area (TPSA) is 75.8 Å². The Morgan fingerprint density at radius 3 is 2.74 bits per heavy atom. The molecule has 1 fully saturated rings. The number of amides is 1. The summed E-state index contributed by atoms with van der Waals surface area (Å²) < 4.78 is 5.19. The molecule has 0 unspecified atom stereocenters. The molecule has 1 aromatic carbocycles. The maximum Gasteiger partial charge on any atom is 0.410 e. The molecule has 2 rings (SSSR count). The molecule has 0 aromatic heterocycles. The maximum atomic E-state index is 11.8. The normalized spacial score (nSPS) is 22.5. The van der Waals surface area contributed by atoms with E-state index >= 15 is 0 Å². The lowest BCUT2D eigenvalue weighted by atomic mass is 10.0. The minimum atomic E-state index is -0.664. The summed E-state index contributed by atoms with van der Waals surface area (Å²) in [7, 11) is 0. The number of aliphatic hydroxyl groups excluding tert-OH is 1. The minimum absolute atomic E-state index is 0. The van der Waals surface area contributed by atoms with Gasteiger partial charge >= 0.3 is 6.09 Å². The van der Waals surface area contributed by atoms with Gasteiger partial charge in [-0.3, -0.25) is 0 Å². The molecule has 1 aliphatic heterocycles. The molecule has 106 valence electrons. The average Bonchev–Trinajstić information content (AvgIpc) is 2.40. The molecule has 2 atom stereocenters. The van der Waals surface area contributed by atoms with Crippen LogP contribution in [0.25, 0.3) is 0 Å². The van der Waals surface area contributed by atoms with E-state index in [0.717, 1.165) is 5.56 Å². The Kier molecular flexibility index (Phi) is 6.08. The van der Waals surface area contributed by atoms with Gasteiger partial charge in [-0.05, 0) is 12.0 Å². The Morgan fingerprint density at radius 1 is 1.42 bits per heavy atom. The van der Waals surface area contributed by atoms with E-state index < -0.39 is 12.2 Å². The molecule has 6 heteroatoms. The molecule has 0 saturated carbocycles. The van der Waals surface area contributed by atoms with E-state index in [0.29, 0.717) is 13.0 Å². The van der Waals surface area contributed by atoms with Crippen molar-refractivity contribution in [2.45, 2.75) is 25.2 Å². The molecule has 0 aliphatic carbocycles. The van der Waals surface area contributed by atoms with Gasteiger partial charge in [0.15, 0.2) is 0 Å². The second-order valence-corrected chi connectivity index (χ2v) is 4.51. The third-order valence-corrected chi connectivity index (χ3v) is 3.10.